The van der Waals surface area contributed by atoms with Crippen molar-refractivity contribution in [3.63, 3.8) is 0 Å². The molecular formula is C52H31N3OS. The Morgan fingerprint density at radius 1 is 0.351 bits per heavy atom. The highest BCUT2D eigenvalue weighted by molar-refractivity contribution is 7.99. The van der Waals surface area contributed by atoms with Crippen molar-refractivity contribution in [2.75, 3.05) is 0 Å². The van der Waals surface area contributed by atoms with E-state index in [9.17, 15) is 0 Å². The van der Waals surface area contributed by atoms with Crippen LogP contribution in [0.25, 0.3) is 78.4 Å². The monoisotopic (exact) mass is 745 g/mol. The molecule has 0 saturated heterocycles. The molecule has 57 heavy (non-hydrogen) atoms. The van der Waals surface area contributed by atoms with Crippen LogP contribution in [-0.4, -0.2) is 15.0 Å². The van der Waals surface area contributed by atoms with Gasteiger partial charge < -0.3 is 4.42 Å². The van der Waals surface area contributed by atoms with Crippen molar-refractivity contribution in [3.8, 4) is 56.4 Å². The van der Waals surface area contributed by atoms with Crippen LogP contribution in [-0.2, 0) is 5.41 Å². The fourth-order valence-electron chi connectivity index (χ4n) is 9.06. The third kappa shape index (κ3) is 4.86. The maximum absolute atomic E-state index is 6.24. The molecule has 2 aliphatic rings. The lowest BCUT2D eigenvalue weighted by Gasteiger charge is -2.40. The maximum Gasteiger partial charge on any atom is 0.164 e. The van der Waals surface area contributed by atoms with Crippen molar-refractivity contribution >= 4 is 33.7 Å². The van der Waals surface area contributed by atoms with E-state index in [0.717, 1.165) is 44.2 Å². The predicted octanol–water partition coefficient (Wildman–Crippen LogP) is 13.3. The van der Waals surface area contributed by atoms with Gasteiger partial charge in [0.2, 0.25) is 0 Å². The first-order chi connectivity index (χ1) is 28.2. The molecule has 5 heteroatoms. The molecule has 1 aliphatic heterocycles. The topological polar surface area (TPSA) is 51.8 Å². The van der Waals surface area contributed by atoms with Crippen LogP contribution in [0.2, 0.25) is 0 Å². The molecule has 0 N–H and O–H groups in total. The number of nitrogens with zero attached hydrogens (tertiary/aromatic N) is 3. The van der Waals surface area contributed by atoms with Crippen molar-refractivity contribution in [2.24, 2.45) is 0 Å². The van der Waals surface area contributed by atoms with Gasteiger partial charge in [-0.15, -0.1) is 0 Å². The molecule has 12 rings (SSSR count). The van der Waals surface area contributed by atoms with Crippen LogP contribution in [0.15, 0.2) is 202 Å². The van der Waals surface area contributed by atoms with Crippen LogP contribution in [0.3, 0.4) is 0 Å². The van der Waals surface area contributed by atoms with E-state index in [1.165, 1.54) is 48.7 Å². The van der Waals surface area contributed by atoms with Gasteiger partial charge >= 0.3 is 0 Å². The number of aromatic nitrogens is 3. The first kappa shape index (κ1) is 32.2. The van der Waals surface area contributed by atoms with Crippen molar-refractivity contribution < 1.29 is 4.42 Å². The summed E-state index contributed by atoms with van der Waals surface area (Å²) in [6.45, 7) is 0. The maximum atomic E-state index is 6.24. The van der Waals surface area contributed by atoms with Gasteiger partial charge in [0.25, 0.3) is 0 Å². The molecule has 266 valence electrons. The van der Waals surface area contributed by atoms with Gasteiger partial charge in [0.15, 0.2) is 17.5 Å². The number of fused-ring (bicyclic) bond motifs is 12. The Morgan fingerprint density at radius 2 is 0.877 bits per heavy atom. The van der Waals surface area contributed by atoms with E-state index in [0.29, 0.717) is 17.5 Å². The minimum Gasteiger partial charge on any atom is -0.456 e. The van der Waals surface area contributed by atoms with Gasteiger partial charge in [0.05, 0.1) is 5.41 Å². The highest BCUT2D eigenvalue weighted by atomic mass is 32.2. The minimum absolute atomic E-state index is 0.416. The minimum atomic E-state index is -0.416. The normalized spacial score (nSPS) is 13.3. The molecule has 10 aromatic rings. The molecule has 0 fully saturated rings. The van der Waals surface area contributed by atoms with E-state index in [-0.39, 0.29) is 0 Å². The summed E-state index contributed by atoms with van der Waals surface area (Å²) in [6.07, 6.45) is 0. The summed E-state index contributed by atoms with van der Waals surface area (Å²) in [4.78, 5) is 17.7. The Morgan fingerprint density at radius 3 is 1.63 bits per heavy atom. The van der Waals surface area contributed by atoms with E-state index < -0.39 is 5.41 Å². The molecule has 1 spiro atoms. The molecule has 3 heterocycles. The van der Waals surface area contributed by atoms with Crippen LogP contribution in [0.4, 0.5) is 0 Å². The van der Waals surface area contributed by atoms with Crippen LogP contribution in [0.5, 0.6) is 0 Å². The first-order valence-corrected chi connectivity index (χ1v) is 20.0. The lowest BCUT2D eigenvalue weighted by Crippen LogP contribution is -2.32. The summed E-state index contributed by atoms with van der Waals surface area (Å²) in [5, 5.41) is 2.16. The quantitative estimate of drug-likeness (QED) is 0.180. The number of benzene rings is 8. The average Bonchev–Trinajstić information content (AvgIpc) is 3.80. The summed E-state index contributed by atoms with van der Waals surface area (Å²) >= 11 is 1.87. The van der Waals surface area contributed by atoms with Crippen molar-refractivity contribution in [2.45, 2.75) is 15.2 Å². The molecule has 0 saturated carbocycles. The van der Waals surface area contributed by atoms with Gasteiger partial charge in [-0.3, -0.25) is 0 Å². The summed E-state index contributed by atoms with van der Waals surface area (Å²) in [6, 6.07) is 66.9. The summed E-state index contributed by atoms with van der Waals surface area (Å²) < 4.78 is 6.24. The van der Waals surface area contributed by atoms with Crippen molar-refractivity contribution in [1.29, 1.82) is 0 Å². The molecule has 1 aliphatic carbocycles. The Bertz CT molecular complexity index is 3180. The fourth-order valence-corrected chi connectivity index (χ4v) is 10.2. The van der Waals surface area contributed by atoms with Crippen LogP contribution in [0, 0.1) is 0 Å². The lowest BCUT2D eigenvalue weighted by atomic mass is 9.67. The predicted molar refractivity (Wildman–Crippen MR) is 230 cm³/mol. The smallest absolute Gasteiger partial charge is 0.164 e. The van der Waals surface area contributed by atoms with Gasteiger partial charge in [0.1, 0.15) is 11.2 Å². The average molecular weight is 746 g/mol. The molecule has 8 aromatic carbocycles. The summed E-state index contributed by atoms with van der Waals surface area (Å²) in [5.41, 5.74) is 14.2. The molecule has 0 radical (unpaired) electrons. The Hall–Kier alpha value is -7.08. The first-order valence-electron chi connectivity index (χ1n) is 19.2. The second kappa shape index (κ2) is 12.5. The third-order valence-electron chi connectivity index (χ3n) is 11.6. The van der Waals surface area contributed by atoms with E-state index in [2.05, 4.69) is 133 Å². The largest absolute Gasteiger partial charge is 0.456 e. The van der Waals surface area contributed by atoms with Gasteiger partial charge in [-0.25, -0.2) is 15.0 Å². The van der Waals surface area contributed by atoms with Crippen LogP contribution >= 0.6 is 11.8 Å². The lowest BCUT2D eigenvalue weighted by molar-refractivity contribution is 0.669. The van der Waals surface area contributed by atoms with Gasteiger partial charge in [-0.05, 0) is 80.9 Å². The molecule has 2 aromatic heterocycles. The second-order valence-corrected chi connectivity index (χ2v) is 15.8. The summed E-state index contributed by atoms with van der Waals surface area (Å²) in [7, 11) is 0. The number of furan rings is 1. The van der Waals surface area contributed by atoms with Gasteiger partial charge in [0, 0.05) is 37.3 Å². The molecule has 0 amide bonds. The zero-order valence-corrected chi connectivity index (χ0v) is 31.4. The van der Waals surface area contributed by atoms with E-state index in [4.69, 9.17) is 19.4 Å². The highest BCUT2D eigenvalue weighted by Gasteiger charge is 2.50. The zero-order chi connectivity index (χ0) is 37.5. The molecule has 4 nitrogen and oxygen atoms in total. The van der Waals surface area contributed by atoms with E-state index in [1.54, 1.807) is 0 Å². The SMILES string of the molecule is c1ccc(-c2nc(-c3ccc(-c4ccc5c(c4)C4(c6ccccc6S5)c5ccccc5-c5ccccc54)cc3)nc(-c3ccc4c(c3)oc3ccccc34)n2)cc1. The van der Waals surface area contributed by atoms with E-state index in [1.807, 2.05) is 66.4 Å². The fraction of sp³-hybridized carbons (Fsp3) is 0.0192. The van der Waals surface area contributed by atoms with E-state index >= 15 is 0 Å². The highest BCUT2D eigenvalue weighted by Crippen LogP contribution is 2.62. The number of hydrogen-bond acceptors (Lipinski definition) is 5. The summed E-state index contributed by atoms with van der Waals surface area (Å²) in [5.74, 6) is 1.84. The van der Waals surface area contributed by atoms with Gasteiger partial charge in [-0.1, -0.05) is 163 Å². The van der Waals surface area contributed by atoms with Crippen LogP contribution < -0.4 is 0 Å². The number of para-hydroxylation sites is 1. The molecule has 0 unspecified atom stereocenters. The standard InChI is InChI=1S/C52H31N3OS/c1-2-12-33(13-3-1)49-53-50(55-51(54-49)36-26-28-40-39-16-6-10-20-45(39)56-46(40)31-36)34-24-22-32(23-25-34)35-27-29-48-44(30-35)52(43-19-9-11-21-47(43)57-48)41-17-7-4-14-37(41)38-15-5-8-18-42(38)52/h1-31H. The number of hydrogen-bond donors (Lipinski definition) is 0. The Labute approximate surface area is 333 Å². The molecule has 0 atom stereocenters. The zero-order valence-electron chi connectivity index (χ0n) is 30.6. The Kier molecular flexibility index (Phi) is 7.04. The molecular weight excluding hydrogens is 715 g/mol. The van der Waals surface area contributed by atoms with Crippen LogP contribution in [0.1, 0.15) is 22.3 Å². The number of rotatable bonds is 4. The molecule has 0 bridgehead atoms. The van der Waals surface area contributed by atoms with Gasteiger partial charge in [-0.2, -0.15) is 0 Å². The second-order valence-electron chi connectivity index (χ2n) is 14.7. The Balaban J connectivity index is 0.976. The van der Waals surface area contributed by atoms with Crippen molar-refractivity contribution in [3.05, 3.63) is 210 Å². The van der Waals surface area contributed by atoms with Crippen molar-refractivity contribution in [1.82, 2.24) is 15.0 Å². The third-order valence-corrected chi connectivity index (χ3v) is 12.8.